The lowest BCUT2D eigenvalue weighted by Crippen LogP contribution is -2.37. The average Bonchev–Trinajstić information content (AvgIpc) is 3.06. The highest BCUT2D eigenvalue weighted by Crippen LogP contribution is 2.43. The summed E-state index contributed by atoms with van der Waals surface area (Å²) in [5.41, 5.74) is 0. The molecule has 0 heterocycles. The van der Waals surface area contributed by atoms with Crippen LogP contribution in [0.25, 0.3) is 0 Å². The molecular weight excluding hydrogens is 665 g/mol. The van der Waals surface area contributed by atoms with Gasteiger partial charge in [-0.25, -0.2) is 4.57 Å². The van der Waals surface area contributed by atoms with E-state index in [0.717, 1.165) is 19.3 Å². The molecule has 0 aromatic rings. The molecule has 0 aromatic carbocycles. The highest BCUT2D eigenvalue weighted by atomic mass is 31.2. The van der Waals surface area contributed by atoms with Gasteiger partial charge in [-0.05, 0) is 6.42 Å². The van der Waals surface area contributed by atoms with Crippen molar-refractivity contribution >= 4 is 19.8 Å². The predicted octanol–water partition coefficient (Wildman–Crippen LogP) is 11.6. The van der Waals surface area contributed by atoms with Crippen LogP contribution in [0.4, 0.5) is 0 Å². The molecular formula is C41H83NO8P+. The first kappa shape index (κ1) is 50.0. The Morgan fingerprint density at radius 2 is 0.922 bits per heavy atom. The number of phosphoric acid groups is 1. The molecule has 0 saturated carbocycles. The molecule has 304 valence electrons. The van der Waals surface area contributed by atoms with Crippen molar-refractivity contribution in [1.82, 2.24) is 0 Å². The van der Waals surface area contributed by atoms with Gasteiger partial charge in [0.05, 0.1) is 27.7 Å². The highest BCUT2D eigenvalue weighted by molar-refractivity contribution is 7.47. The van der Waals surface area contributed by atoms with Gasteiger partial charge in [0.2, 0.25) is 0 Å². The molecule has 1 N–H and O–H groups in total. The van der Waals surface area contributed by atoms with Gasteiger partial charge in [0, 0.05) is 13.3 Å². The Hall–Kier alpha value is -0.990. The first-order chi connectivity index (χ1) is 24.4. The Balaban J connectivity index is 3.54. The number of hydrogen-bond acceptors (Lipinski definition) is 7. The van der Waals surface area contributed by atoms with E-state index < -0.39 is 26.5 Å². The lowest BCUT2D eigenvalue weighted by Gasteiger charge is -2.24. The highest BCUT2D eigenvalue weighted by Gasteiger charge is 2.26. The lowest BCUT2D eigenvalue weighted by molar-refractivity contribution is -0.870. The van der Waals surface area contributed by atoms with E-state index in [0.29, 0.717) is 17.4 Å². The average molecular weight is 749 g/mol. The van der Waals surface area contributed by atoms with Crippen LogP contribution in [0.1, 0.15) is 200 Å². The number of hydrogen-bond donors (Lipinski definition) is 1. The number of carbonyl (C=O) groups is 2. The fourth-order valence-corrected chi connectivity index (χ4v) is 6.93. The standard InChI is InChI=1S/C41H82NO8P/c1-6-7-8-9-10-11-12-13-14-15-16-17-18-19-20-21-22-23-24-25-26-27-28-29-30-31-32-33-34-41(44)47-37-40(50-39(2)43)38-49-51(45,46)48-36-35-42(3,4)5/h40H,6-38H2,1-5H3/p+1/t40-/m1/s1. The SMILES string of the molecule is CCCCCCCCCCCCCCCCCCCCCCCCCCCCCCC(=O)OC[C@H](COP(=O)(O)OCC[N+](C)(C)C)OC(C)=O. The van der Waals surface area contributed by atoms with Gasteiger partial charge in [-0.2, -0.15) is 0 Å². The summed E-state index contributed by atoms with van der Waals surface area (Å²) < 4.78 is 33.0. The minimum Gasteiger partial charge on any atom is -0.462 e. The topological polar surface area (TPSA) is 108 Å². The van der Waals surface area contributed by atoms with Gasteiger partial charge < -0.3 is 18.9 Å². The largest absolute Gasteiger partial charge is 0.472 e. The second-order valence-electron chi connectivity index (χ2n) is 15.8. The van der Waals surface area contributed by atoms with Crippen LogP contribution >= 0.6 is 7.82 Å². The molecule has 0 aliphatic heterocycles. The summed E-state index contributed by atoms with van der Waals surface area (Å²) in [7, 11) is 1.48. The molecule has 1 unspecified atom stereocenters. The second kappa shape index (κ2) is 34.8. The van der Waals surface area contributed by atoms with Crippen LogP contribution < -0.4 is 0 Å². The molecule has 0 fully saturated rings. The van der Waals surface area contributed by atoms with Crippen molar-refractivity contribution < 1.29 is 42.1 Å². The smallest absolute Gasteiger partial charge is 0.462 e. The Bertz CT molecular complexity index is 850. The van der Waals surface area contributed by atoms with E-state index in [1.165, 1.54) is 167 Å². The fraction of sp³-hybridized carbons (Fsp3) is 0.951. The predicted molar refractivity (Wildman–Crippen MR) is 211 cm³/mol. The maximum absolute atomic E-state index is 12.2. The van der Waals surface area contributed by atoms with Crippen LogP contribution in [-0.4, -0.2) is 74.9 Å². The number of quaternary nitrogens is 1. The third-order valence-electron chi connectivity index (χ3n) is 9.44. The van der Waals surface area contributed by atoms with Crippen molar-refractivity contribution in [3.63, 3.8) is 0 Å². The monoisotopic (exact) mass is 749 g/mol. The second-order valence-corrected chi connectivity index (χ2v) is 17.3. The molecule has 0 saturated heterocycles. The summed E-state index contributed by atoms with van der Waals surface area (Å²) in [4.78, 5) is 33.5. The number of ether oxygens (including phenoxy) is 2. The first-order valence-corrected chi connectivity index (χ1v) is 22.7. The summed E-state index contributed by atoms with van der Waals surface area (Å²) in [5, 5.41) is 0. The van der Waals surface area contributed by atoms with Gasteiger partial charge in [-0.3, -0.25) is 18.6 Å². The van der Waals surface area contributed by atoms with Gasteiger partial charge in [0.1, 0.15) is 19.8 Å². The van der Waals surface area contributed by atoms with Crippen LogP contribution in [0.15, 0.2) is 0 Å². The number of carbonyl (C=O) groups excluding carboxylic acids is 2. The molecule has 2 atom stereocenters. The van der Waals surface area contributed by atoms with E-state index in [-0.39, 0.29) is 19.2 Å². The van der Waals surface area contributed by atoms with Gasteiger partial charge in [-0.1, -0.05) is 180 Å². The van der Waals surface area contributed by atoms with E-state index in [4.69, 9.17) is 18.5 Å². The summed E-state index contributed by atoms with van der Waals surface area (Å²) in [5.74, 6) is -0.979. The third-order valence-corrected chi connectivity index (χ3v) is 10.4. The molecule has 0 amide bonds. The van der Waals surface area contributed by atoms with E-state index in [1.54, 1.807) is 0 Å². The normalized spacial score (nSPS) is 13.6. The first-order valence-electron chi connectivity index (χ1n) is 21.2. The van der Waals surface area contributed by atoms with Crippen LogP contribution in [0, 0.1) is 0 Å². The molecule has 0 radical (unpaired) electrons. The lowest BCUT2D eigenvalue weighted by atomic mass is 10.0. The van der Waals surface area contributed by atoms with Gasteiger partial charge in [-0.15, -0.1) is 0 Å². The molecule has 9 nitrogen and oxygen atoms in total. The zero-order chi connectivity index (χ0) is 37.9. The number of rotatable bonds is 39. The van der Waals surface area contributed by atoms with Crippen molar-refractivity contribution in [2.75, 3.05) is 47.5 Å². The molecule has 10 heteroatoms. The minimum absolute atomic E-state index is 0.0319. The number of unbranched alkanes of at least 4 members (excludes halogenated alkanes) is 27. The molecule has 0 bridgehead atoms. The summed E-state index contributed by atoms with van der Waals surface area (Å²) >= 11 is 0. The molecule has 0 aromatic heterocycles. The van der Waals surface area contributed by atoms with Crippen molar-refractivity contribution in [2.45, 2.75) is 206 Å². The fourth-order valence-electron chi connectivity index (χ4n) is 6.19. The summed E-state index contributed by atoms with van der Waals surface area (Å²) in [6, 6.07) is 0. The van der Waals surface area contributed by atoms with Crippen LogP contribution in [0.3, 0.4) is 0 Å². The molecule has 0 spiro atoms. The minimum atomic E-state index is -4.32. The Morgan fingerprint density at radius 1 is 0.569 bits per heavy atom. The Kier molecular flexibility index (Phi) is 34.1. The maximum atomic E-state index is 12.2. The number of phosphoric ester groups is 1. The number of esters is 2. The Labute approximate surface area is 314 Å². The third kappa shape index (κ3) is 40.0. The molecule has 0 rings (SSSR count). The van der Waals surface area contributed by atoms with Crippen molar-refractivity contribution in [3.8, 4) is 0 Å². The van der Waals surface area contributed by atoms with E-state index >= 15 is 0 Å². The van der Waals surface area contributed by atoms with Gasteiger partial charge >= 0.3 is 19.8 Å². The van der Waals surface area contributed by atoms with Gasteiger partial charge in [0.15, 0.2) is 6.10 Å². The molecule has 0 aliphatic carbocycles. The summed E-state index contributed by atoms with van der Waals surface area (Å²) in [6.45, 7) is 3.40. The molecule has 0 aliphatic rings. The number of likely N-dealkylation sites (N-methyl/N-ethyl adjacent to an activating group) is 1. The van der Waals surface area contributed by atoms with Crippen molar-refractivity contribution in [2.24, 2.45) is 0 Å². The zero-order valence-corrected chi connectivity index (χ0v) is 35.0. The van der Waals surface area contributed by atoms with Crippen molar-refractivity contribution in [3.05, 3.63) is 0 Å². The zero-order valence-electron chi connectivity index (χ0n) is 34.1. The Morgan fingerprint density at radius 3 is 1.25 bits per heavy atom. The van der Waals surface area contributed by atoms with E-state index in [9.17, 15) is 19.0 Å². The quantitative estimate of drug-likeness (QED) is 0.0286. The van der Waals surface area contributed by atoms with Crippen LogP contribution in [-0.2, 0) is 32.7 Å². The van der Waals surface area contributed by atoms with Crippen LogP contribution in [0.5, 0.6) is 0 Å². The van der Waals surface area contributed by atoms with Crippen molar-refractivity contribution in [1.29, 1.82) is 0 Å². The maximum Gasteiger partial charge on any atom is 0.472 e. The van der Waals surface area contributed by atoms with Gasteiger partial charge in [0.25, 0.3) is 0 Å². The number of nitrogens with zero attached hydrogens (tertiary/aromatic N) is 1. The summed E-state index contributed by atoms with van der Waals surface area (Å²) in [6.07, 6.45) is 37.1. The van der Waals surface area contributed by atoms with Crippen LogP contribution in [0.2, 0.25) is 0 Å². The van der Waals surface area contributed by atoms with E-state index in [2.05, 4.69) is 6.92 Å². The van der Waals surface area contributed by atoms with E-state index in [1.807, 2.05) is 21.1 Å². The molecule has 51 heavy (non-hydrogen) atoms.